The molecule has 0 heterocycles. The van der Waals surface area contributed by atoms with Crippen LogP contribution in [0.4, 0.5) is 0 Å². The number of ether oxygens (including phenoxy) is 2. The Bertz CT molecular complexity index is 394. The highest BCUT2D eigenvalue weighted by atomic mass is 35.5. The minimum absolute atomic E-state index is 0.107. The normalized spacial score (nSPS) is 27.6. The molecule has 0 aromatic heterocycles. The number of hydrogen-bond donors (Lipinski definition) is 1. The van der Waals surface area contributed by atoms with Crippen molar-refractivity contribution < 1.29 is 14.6 Å². The maximum Gasteiger partial charge on any atom is 0.138 e. The number of benzene rings is 1. The summed E-state index contributed by atoms with van der Waals surface area (Å²) in [6, 6.07) is 5.65. The minimum Gasteiger partial charge on any atom is -0.486 e. The van der Waals surface area contributed by atoms with Gasteiger partial charge in [0.05, 0.1) is 11.1 Å². The lowest BCUT2D eigenvalue weighted by molar-refractivity contribution is -0.160. The Kier molecular flexibility index (Phi) is 3.92. The van der Waals surface area contributed by atoms with E-state index >= 15 is 0 Å². The predicted octanol–water partition coefficient (Wildman–Crippen LogP) is 2.57. The third-order valence-corrected chi connectivity index (χ3v) is 3.26. The summed E-state index contributed by atoms with van der Waals surface area (Å²) < 4.78 is 11.2. The van der Waals surface area contributed by atoms with Gasteiger partial charge in [-0.25, -0.2) is 0 Å². The van der Waals surface area contributed by atoms with Crippen molar-refractivity contribution in [2.75, 3.05) is 6.61 Å². The van der Waals surface area contributed by atoms with Crippen LogP contribution in [0.15, 0.2) is 18.2 Å². The van der Waals surface area contributed by atoms with Gasteiger partial charge in [-0.05, 0) is 31.5 Å². The van der Waals surface area contributed by atoms with Gasteiger partial charge in [0.15, 0.2) is 0 Å². The summed E-state index contributed by atoms with van der Waals surface area (Å²) in [4.78, 5) is 0. The van der Waals surface area contributed by atoms with Crippen LogP contribution in [0, 0.1) is 6.92 Å². The highest BCUT2D eigenvalue weighted by Gasteiger charge is 2.42. The maximum atomic E-state index is 9.57. The number of aliphatic hydroxyl groups excluding tert-OH is 1. The monoisotopic (exact) mass is 256 g/mol. The Labute approximate surface area is 106 Å². The molecule has 94 valence electrons. The van der Waals surface area contributed by atoms with E-state index in [-0.39, 0.29) is 12.2 Å². The molecule has 3 atom stereocenters. The molecule has 1 N–H and O–H groups in total. The van der Waals surface area contributed by atoms with Gasteiger partial charge in [-0.3, -0.25) is 0 Å². The number of halogens is 1. The highest BCUT2D eigenvalue weighted by Crippen LogP contribution is 2.33. The van der Waals surface area contributed by atoms with Gasteiger partial charge < -0.3 is 14.6 Å². The van der Waals surface area contributed by atoms with Crippen LogP contribution in [0.1, 0.15) is 18.9 Å². The molecule has 1 aromatic carbocycles. The van der Waals surface area contributed by atoms with Crippen LogP contribution in [0.3, 0.4) is 0 Å². The zero-order chi connectivity index (χ0) is 12.4. The summed E-state index contributed by atoms with van der Waals surface area (Å²) in [6.45, 7) is 4.46. The van der Waals surface area contributed by atoms with Crippen molar-refractivity contribution in [3.05, 3.63) is 28.8 Å². The molecule has 3 unspecified atom stereocenters. The lowest BCUT2D eigenvalue weighted by atomic mass is 9.88. The first-order chi connectivity index (χ1) is 8.11. The minimum atomic E-state index is -0.427. The molecule has 0 saturated heterocycles. The zero-order valence-electron chi connectivity index (χ0n) is 10.0. The van der Waals surface area contributed by atoms with E-state index in [2.05, 4.69) is 0 Å². The van der Waals surface area contributed by atoms with Crippen LogP contribution in [0.5, 0.6) is 5.75 Å². The van der Waals surface area contributed by atoms with Crippen molar-refractivity contribution in [3.63, 3.8) is 0 Å². The Morgan fingerprint density at radius 3 is 2.88 bits per heavy atom. The van der Waals surface area contributed by atoms with Crippen molar-refractivity contribution in [2.45, 2.75) is 38.6 Å². The van der Waals surface area contributed by atoms with Gasteiger partial charge in [-0.15, -0.1) is 0 Å². The quantitative estimate of drug-likeness (QED) is 0.900. The number of rotatable bonds is 4. The molecule has 1 aliphatic carbocycles. The van der Waals surface area contributed by atoms with E-state index in [0.29, 0.717) is 23.8 Å². The van der Waals surface area contributed by atoms with Crippen LogP contribution >= 0.6 is 11.6 Å². The molecule has 0 bridgehead atoms. The Balaban J connectivity index is 2.03. The van der Waals surface area contributed by atoms with Crippen LogP contribution in [-0.2, 0) is 4.74 Å². The van der Waals surface area contributed by atoms with Crippen LogP contribution < -0.4 is 4.74 Å². The predicted molar refractivity (Wildman–Crippen MR) is 66.6 cm³/mol. The molecule has 4 heteroatoms. The van der Waals surface area contributed by atoms with Crippen molar-refractivity contribution in [1.29, 1.82) is 0 Å². The summed E-state index contributed by atoms with van der Waals surface area (Å²) in [7, 11) is 0. The van der Waals surface area contributed by atoms with Crippen molar-refractivity contribution in [2.24, 2.45) is 0 Å². The molecule has 3 nitrogen and oxygen atoms in total. The molecule has 1 saturated carbocycles. The van der Waals surface area contributed by atoms with E-state index in [1.54, 1.807) is 0 Å². The molecule has 1 fully saturated rings. The molecular formula is C13H17ClO3. The topological polar surface area (TPSA) is 38.7 Å². The smallest absolute Gasteiger partial charge is 0.138 e. The third kappa shape index (κ3) is 2.73. The Morgan fingerprint density at radius 2 is 2.24 bits per heavy atom. The van der Waals surface area contributed by atoms with Gasteiger partial charge in [-0.1, -0.05) is 17.7 Å². The van der Waals surface area contributed by atoms with Gasteiger partial charge in [0, 0.05) is 13.0 Å². The fourth-order valence-electron chi connectivity index (χ4n) is 1.95. The first kappa shape index (κ1) is 12.7. The Hall–Kier alpha value is -0.770. The fraction of sp³-hybridized carbons (Fsp3) is 0.538. The van der Waals surface area contributed by atoms with E-state index in [1.165, 1.54) is 0 Å². The molecule has 2 rings (SSSR count). The largest absolute Gasteiger partial charge is 0.486 e. The van der Waals surface area contributed by atoms with Crippen molar-refractivity contribution in [3.8, 4) is 5.75 Å². The van der Waals surface area contributed by atoms with E-state index in [4.69, 9.17) is 21.1 Å². The van der Waals surface area contributed by atoms with Gasteiger partial charge in [-0.2, -0.15) is 0 Å². The van der Waals surface area contributed by atoms with Gasteiger partial charge >= 0.3 is 0 Å². The van der Waals surface area contributed by atoms with Crippen molar-refractivity contribution in [1.82, 2.24) is 0 Å². The molecule has 0 amide bonds. The van der Waals surface area contributed by atoms with Gasteiger partial charge in [0.2, 0.25) is 0 Å². The Morgan fingerprint density at radius 1 is 1.47 bits per heavy atom. The summed E-state index contributed by atoms with van der Waals surface area (Å²) in [6.07, 6.45) is -0.182. The summed E-state index contributed by atoms with van der Waals surface area (Å²) >= 11 is 6.05. The average Bonchev–Trinajstić information content (AvgIpc) is 2.30. The number of aryl methyl sites for hydroxylation is 1. The molecular weight excluding hydrogens is 240 g/mol. The lowest BCUT2D eigenvalue weighted by Crippen LogP contribution is -2.55. The summed E-state index contributed by atoms with van der Waals surface area (Å²) in [5.41, 5.74) is 1.09. The standard InChI is InChI=1S/C13H17ClO3/c1-3-16-13-10(15)7-12(13)17-11-6-8(2)4-5-9(11)14/h4-6,10,12-13,15H,3,7H2,1-2H3. The van der Waals surface area contributed by atoms with E-state index in [9.17, 15) is 5.11 Å². The second-order valence-electron chi connectivity index (χ2n) is 4.31. The lowest BCUT2D eigenvalue weighted by Gasteiger charge is -2.40. The van der Waals surface area contributed by atoms with Crippen LogP contribution in [0.2, 0.25) is 5.02 Å². The highest BCUT2D eigenvalue weighted by molar-refractivity contribution is 6.32. The molecule has 0 spiro atoms. The fourth-order valence-corrected chi connectivity index (χ4v) is 2.11. The molecule has 1 aliphatic rings. The van der Waals surface area contributed by atoms with Gasteiger partial charge in [0.25, 0.3) is 0 Å². The third-order valence-electron chi connectivity index (χ3n) is 2.94. The SMILES string of the molecule is CCOC1C(O)CC1Oc1cc(C)ccc1Cl. The molecule has 0 aliphatic heterocycles. The molecule has 17 heavy (non-hydrogen) atoms. The van der Waals surface area contributed by atoms with E-state index in [1.807, 2.05) is 32.0 Å². The average molecular weight is 257 g/mol. The number of hydrogen-bond acceptors (Lipinski definition) is 3. The second-order valence-corrected chi connectivity index (χ2v) is 4.72. The van der Waals surface area contributed by atoms with Crippen molar-refractivity contribution >= 4 is 11.6 Å². The zero-order valence-corrected chi connectivity index (χ0v) is 10.8. The van der Waals surface area contributed by atoms with Gasteiger partial charge in [0.1, 0.15) is 18.0 Å². The van der Waals surface area contributed by atoms with E-state index in [0.717, 1.165) is 5.56 Å². The van der Waals surface area contributed by atoms with Crippen LogP contribution in [0.25, 0.3) is 0 Å². The second kappa shape index (κ2) is 5.25. The van der Waals surface area contributed by atoms with E-state index < -0.39 is 6.10 Å². The summed E-state index contributed by atoms with van der Waals surface area (Å²) in [5, 5.41) is 10.2. The maximum absolute atomic E-state index is 9.57. The molecule has 1 aromatic rings. The molecule has 0 radical (unpaired) electrons. The van der Waals surface area contributed by atoms with Crippen LogP contribution in [-0.4, -0.2) is 30.0 Å². The first-order valence-corrected chi connectivity index (χ1v) is 6.22. The first-order valence-electron chi connectivity index (χ1n) is 5.84. The summed E-state index contributed by atoms with van der Waals surface area (Å²) in [5.74, 6) is 0.660. The number of aliphatic hydroxyl groups is 1.